The highest BCUT2D eigenvalue weighted by atomic mass is 35.5. The lowest BCUT2D eigenvalue weighted by Crippen LogP contribution is -2.47. The van der Waals surface area contributed by atoms with Gasteiger partial charge in [-0.2, -0.15) is 0 Å². The molecule has 3 aromatic carbocycles. The first kappa shape index (κ1) is 24.9. The third kappa shape index (κ3) is 5.48. The minimum absolute atomic E-state index is 0.111. The molecule has 3 aromatic rings. The number of nitrogens with zero attached hydrogens (tertiary/aromatic N) is 2. The summed E-state index contributed by atoms with van der Waals surface area (Å²) in [6.07, 6.45) is 1.91. The average molecular weight is 516 g/mol. The van der Waals surface area contributed by atoms with Crippen molar-refractivity contribution in [2.24, 2.45) is 0 Å². The molecule has 3 N–H and O–H groups in total. The third-order valence-corrected chi connectivity index (χ3v) is 7.15. The van der Waals surface area contributed by atoms with Crippen molar-refractivity contribution >= 4 is 51.9 Å². The van der Waals surface area contributed by atoms with E-state index in [1.54, 1.807) is 24.1 Å². The van der Waals surface area contributed by atoms with Gasteiger partial charge in [-0.15, -0.1) is 0 Å². The topological polar surface area (TPSA) is 76.7 Å². The first-order chi connectivity index (χ1) is 17.9. The Labute approximate surface area is 222 Å². The summed E-state index contributed by atoms with van der Waals surface area (Å²) in [6.45, 7) is 1.98. The van der Waals surface area contributed by atoms with Gasteiger partial charge in [-0.25, -0.2) is 4.79 Å². The minimum Gasteiger partial charge on any atom is -0.354 e. The molecule has 0 saturated carbocycles. The van der Waals surface area contributed by atoms with Crippen LogP contribution in [0.25, 0.3) is 11.3 Å². The van der Waals surface area contributed by atoms with Gasteiger partial charge in [0.05, 0.1) is 17.0 Å². The molecule has 8 heteroatoms. The number of amides is 3. The number of nitrogens with one attached hydrogen (secondary N) is 3. The molecular weight excluding hydrogens is 486 g/mol. The van der Waals surface area contributed by atoms with Crippen LogP contribution in [0, 0.1) is 0 Å². The van der Waals surface area contributed by atoms with Crippen molar-refractivity contribution in [2.45, 2.75) is 18.9 Å². The number of piperidine rings is 1. The Morgan fingerprint density at radius 2 is 1.73 bits per heavy atom. The molecule has 0 atom stereocenters. The molecule has 1 fully saturated rings. The number of carbonyl (C=O) groups is 2. The van der Waals surface area contributed by atoms with Crippen LogP contribution in [0.3, 0.4) is 0 Å². The van der Waals surface area contributed by atoms with Gasteiger partial charge in [0.15, 0.2) is 0 Å². The van der Waals surface area contributed by atoms with Crippen LogP contribution in [-0.4, -0.2) is 50.1 Å². The van der Waals surface area contributed by atoms with Gasteiger partial charge in [0.25, 0.3) is 5.91 Å². The van der Waals surface area contributed by atoms with Crippen LogP contribution in [-0.2, 0) is 4.79 Å². The summed E-state index contributed by atoms with van der Waals surface area (Å²) in [5, 5.41) is 10.1. The second kappa shape index (κ2) is 10.7. The molecule has 0 unspecified atom stereocenters. The van der Waals surface area contributed by atoms with Crippen LogP contribution in [0.4, 0.5) is 21.9 Å². The molecule has 2 aliphatic heterocycles. The monoisotopic (exact) mass is 515 g/mol. The van der Waals surface area contributed by atoms with Crippen molar-refractivity contribution in [2.75, 3.05) is 42.7 Å². The van der Waals surface area contributed by atoms with Gasteiger partial charge in [0, 0.05) is 35.1 Å². The summed E-state index contributed by atoms with van der Waals surface area (Å²) in [7, 11) is 3.88. The van der Waals surface area contributed by atoms with Gasteiger partial charge < -0.3 is 20.9 Å². The zero-order valence-electron chi connectivity index (χ0n) is 20.9. The number of anilines is 3. The molecule has 0 spiro atoms. The van der Waals surface area contributed by atoms with E-state index in [2.05, 4.69) is 27.9 Å². The molecule has 2 heterocycles. The molecule has 37 heavy (non-hydrogen) atoms. The van der Waals surface area contributed by atoms with E-state index >= 15 is 0 Å². The quantitative estimate of drug-likeness (QED) is 0.391. The molecule has 190 valence electrons. The van der Waals surface area contributed by atoms with Gasteiger partial charge in [0.2, 0.25) is 0 Å². The lowest BCUT2D eigenvalue weighted by atomic mass is 10.00. The Morgan fingerprint density at radius 1 is 1.03 bits per heavy atom. The molecular formula is C29H30ClN5O2. The molecule has 7 nitrogen and oxygen atoms in total. The molecule has 1 saturated heterocycles. The third-order valence-electron chi connectivity index (χ3n) is 6.91. The zero-order chi connectivity index (χ0) is 25.9. The summed E-state index contributed by atoms with van der Waals surface area (Å²) in [5.74, 6) is -0.189. The second-order valence-electron chi connectivity index (χ2n) is 9.52. The van der Waals surface area contributed by atoms with Crippen LogP contribution < -0.4 is 20.9 Å². The van der Waals surface area contributed by atoms with Gasteiger partial charge in [-0.3, -0.25) is 9.69 Å². The minimum atomic E-state index is -0.189. The van der Waals surface area contributed by atoms with Crippen LogP contribution in [0.5, 0.6) is 0 Å². The largest absolute Gasteiger partial charge is 0.354 e. The average Bonchev–Trinajstić information content (AvgIpc) is 3.23. The van der Waals surface area contributed by atoms with Crippen molar-refractivity contribution in [1.82, 2.24) is 10.2 Å². The predicted octanol–water partition coefficient (Wildman–Crippen LogP) is 5.51. The van der Waals surface area contributed by atoms with Crippen molar-refractivity contribution in [1.29, 1.82) is 0 Å². The number of carbonyl (C=O) groups excluding carboxylic acids is 2. The summed E-state index contributed by atoms with van der Waals surface area (Å²) in [6, 6.07) is 22.8. The SMILES string of the molecule is CN1CCC(NC(=O)N(C)c2ccc(NC(=C3C(=O)Nc4cc(Cl)ccc43)c3ccccc3)cc2)CC1. The summed E-state index contributed by atoms with van der Waals surface area (Å²) < 4.78 is 0. The lowest BCUT2D eigenvalue weighted by molar-refractivity contribution is -0.110. The molecule has 0 bridgehead atoms. The maximum atomic E-state index is 13.0. The zero-order valence-corrected chi connectivity index (χ0v) is 21.7. The molecule has 5 rings (SSSR count). The Bertz CT molecular complexity index is 1330. The van der Waals surface area contributed by atoms with E-state index in [-0.39, 0.29) is 18.0 Å². The van der Waals surface area contributed by atoms with Gasteiger partial charge in [-0.1, -0.05) is 48.0 Å². The number of likely N-dealkylation sites (tertiary alicyclic amines) is 1. The first-order valence-corrected chi connectivity index (χ1v) is 12.8. The fourth-order valence-electron chi connectivity index (χ4n) is 4.73. The maximum absolute atomic E-state index is 13.0. The first-order valence-electron chi connectivity index (χ1n) is 12.4. The Hall–Kier alpha value is -3.81. The fraction of sp³-hybridized carbons (Fsp3) is 0.241. The van der Waals surface area contributed by atoms with Crippen molar-refractivity contribution in [3.63, 3.8) is 0 Å². The second-order valence-corrected chi connectivity index (χ2v) is 9.95. The van der Waals surface area contributed by atoms with Crippen LogP contribution in [0.15, 0.2) is 72.8 Å². The van der Waals surface area contributed by atoms with Gasteiger partial charge >= 0.3 is 6.03 Å². The van der Waals surface area contributed by atoms with E-state index in [4.69, 9.17) is 11.6 Å². The van der Waals surface area contributed by atoms with E-state index in [0.29, 0.717) is 22.0 Å². The number of hydrogen-bond donors (Lipinski definition) is 3. The number of fused-ring (bicyclic) bond motifs is 1. The molecule has 0 radical (unpaired) electrons. The van der Waals surface area contributed by atoms with Crippen LogP contribution in [0.1, 0.15) is 24.0 Å². The molecule has 3 amide bonds. The smallest absolute Gasteiger partial charge is 0.321 e. The summed E-state index contributed by atoms with van der Waals surface area (Å²) in [5.41, 5.74) is 5.20. The Balaban J connectivity index is 1.38. The van der Waals surface area contributed by atoms with Crippen LogP contribution in [0.2, 0.25) is 5.02 Å². The Morgan fingerprint density at radius 3 is 2.43 bits per heavy atom. The number of hydrogen-bond acceptors (Lipinski definition) is 4. The summed E-state index contributed by atoms with van der Waals surface area (Å²) in [4.78, 5) is 29.8. The normalized spacial score (nSPS) is 17.1. The number of urea groups is 1. The van der Waals surface area contributed by atoms with E-state index in [1.807, 2.05) is 60.7 Å². The molecule has 0 aromatic heterocycles. The lowest BCUT2D eigenvalue weighted by Gasteiger charge is -2.31. The highest BCUT2D eigenvalue weighted by molar-refractivity contribution is 6.38. The van der Waals surface area contributed by atoms with Crippen LogP contribution >= 0.6 is 11.6 Å². The predicted molar refractivity (Wildman–Crippen MR) is 151 cm³/mol. The van der Waals surface area contributed by atoms with Crippen molar-refractivity contribution in [3.8, 4) is 0 Å². The van der Waals surface area contributed by atoms with E-state index in [1.165, 1.54) is 0 Å². The number of benzene rings is 3. The maximum Gasteiger partial charge on any atom is 0.321 e. The van der Waals surface area contributed by atoms with Crippen molar-refractivity contribution in [3.05, 3.63) is 88.9 Å². The highest BCUT2D eigenvalue weighted by Crippen LogP contribution is 2.38. The fourth-order valence-corrected chi connectivity index (χ4v) is 4.90. The summed E-state index contributed by atoms with van der Waals surface area (Å²) >= 11 is 6.15. The standard InChI is InChI=1S/C29H30ClN5O2/c1-34-16-14-22(15-17-34)32-29(37)35(2)23-11-9-21(10-12-23)31-27(19-6-4-3-5-7-19)26-24-13-8-20(30)18-25(24)33-28(26)36/h3-13,18,22,31H,14-17H2,1-2H3,(H,32,37)(H,33,36). The van der Waals surface area contributed by atoms with Gasteiger partial charge in [-0.05, 0) is 74.9 Å². The molecule has 0 aliphatic carbocycles. The van der Waals surface area contributed by atoms with Gasteiger partial charge in [0.1, 0.15) is 0 Å². The number of halogens is 1. The van der Waals surface area contributed by atoms with E-state index < -0.39 is 0 Å². The van der Waals surface area contributed by atoms with Crippen molar-refractivity contribution < 1.29 is 9.59 Å². The number of rotatable bonds is 5. The molecule has 2 aliphatic rings. The van der Waals surface area contributed by atoms with E-state index in [0.717, 1.165) is 48.4 Å². The highest BCUT2D eigenvalue weighted by Gasteiger charge is 2.28. The van der Waals surface area contributed by atoms with E-state index in [9.17, 15) is 9.59 Å². The Kier molecular flexibility index (Phi) is 7.17.